The zero-order valence-electron chi connectivity index (χ0n) is 43.0. The average molecular weight is 1130 g/mol. The summed E-state index contributed by atoms with van der Waals surface area (Å²) in [7, 11) is 0. The second kappa shape index (κ2) is 34.8. The smallest absolute Gasteiger partial charge is 0.306 e. The minimum Gasteiger partial charge on any atom is -0.461 e. The van der Waals surface area contributed by atoms with Crippen molar-refractivity contribution in [3.8, 4) is 0 Å². The Bertz CT molecular complexity index is 1860. The van der Waals surface area contributed by atoms with Gasteiger partial charge in [-0.15, -0.1) is 0 Å². The molecule has 3 heterocycles. The summed E-state index contributed by atoms with van der Waals surface area (Å²) in [6.45, 7) is -4.68. The summed E-state index contributed by atoms with van der Waals surface area (Å²) in [5, 5.41) is 130. The van der Waals surface area contributed by atoms with Crippen molar-refractivity contribution >= 4 is 29.6 Å². The standard InChI is InChI=1S/C48H78N4O26/c53-20-29-38(62)41(65)37(61)28(76-29)8-12-49-32(56)9-15-70-24-48(52-35(59)6-7-36(60)75-23-27-4-2-1-3-5-27,25-71-16-10-33(57)50-13-18-73-46-44(68)42(66)39(63)30(21-54)77-46)26-72-17-11-34(58)51-14-19-74-47-45(69)43(67)40(64)31(22-55)78-47/h1-5,28-31,37-47,53-55,61-69H,6-26H2,(H,49,56)(H,50,57)(H,51,58)(H,52,59)/t28-,29-,30-,31-,37-,38-,39-,40-,41-,42+,43+,44+,45+,46+,47+/m1/s1. The van der Waals surface area contributed by atoms with Gasteiger partial charge in [0.25, 0.3) is 0 Å². The third-order valence-electron chi connectivity index (χ3n) is 12.6. The van der Waals surface area contributed by atoms with Crippen molar-refractivity contribution in [2.24, 2.45) is 0 Å². The van der Waals surface area contributed by atoms with Crippen LogP contribution in [0.3, 0.4) is 0 Å². The summed E-state index contributed by atoms with van der Waals surface area (Å²) < 4.78 is 49.8. The van der Waals surface area contributed by atoms with Gasteiger partial charge in [0.05, 0.1) is 85.2 Å². The Balaban J connectivity index is 1.36. The Hall–Kier alpha value is -4.23. The van der Waals surface area contributed by atoms with Crippen LogP contribution in [-0.4, -0.2) is 281 Å². The van der Waals surface area contributed by atoms with Crippen LogP contribution in [-0.2, 0) is 73.2 Å². The molecule has 3 aliphatic heterocycles. The first kappa shape index (κ1) is 66.3. The molecule has 4 rings (SSSR count). The van der Waals surface area contributed by atoms with Gasteiger partial charge in [0.1, 0.15) is 85.4 Å². The van der Waals surface area contributed by atoms with Gasteiger partial charge in [-0.2, -0.15) is 0 Å². The molecule has 78 heavy (non-hydrogen) atoms. The van der Waals surface area contributed by atoms with Crippen LogP contribution in [0.25, 0.3) is 0 Å². The first-order chi connectivity index (χ1) is 37.3. The maximum Gasteiger partial charge on any atom is 0.306 e. The predicted octanol–water partition coefficient (Wildman–Crippen LogP) is -8.20. The molecule has 0 saturated carbocycles. The Morgan fingerprint density at radius 2 is 0.872 bits per heavy atom. The molecule has 30 heteroatoms. The second-order valence-corrected chi connectivity index (χ2v) is 18.7. The number of hydrogen-bond acceptors (Lipinski definition) is 26. The lowest BCUT2D eigenvalue weighted by atomic mass is 9.93. The summed E-state index contributed by atoms with van der Waals surface area (Å²) in [6, 6.07) is 8.82. The van der Waals surface area contributed by atoms with Gasteiger partial charge < -0.3 is 125 Å². The number of esters is 1. The Morgan fingerprint density at radius 1 is 0.462 bits per heavy atom. The predicted molar refractivity (Wildman–Crippen MR) is 260 cm³/mol. The van der Waals surface area contributed by atoms with Crippen molar-refractivity contribution in [1.29, 1.82) is 0 Å². The van der Waals surface area contributed by atoms with Gasteiger partial charge in [0, 0.05) is 45.3 Å². The quantitative estimate of drug-likeness (QED) is 0.0222. The third-order valence-corrected chi connectivity index (χ3v) is 12.6. The van der Waals surface area contributed by atoms with Gasteiger partial charge in [-0.3, -0.25) is 24.0 Å². The first-order valence-electron chi connectivity index (χ1n) is 25.5. The Kier molecular flexibility index (Phi) is 29.6. The lowest BCUT2D eigenvalue weighted by Gasteiger charge is -2.40. The number of nitrogens with one attached hydrogen (secondary N) is 4. The van der Waals surface area contributed by atoms with E-state index in [1.165, 1.54) is 0 Å². The maximum absolute atomic E-state index is 13.6. The molecular formula is C48H78N4O26. The lowest BCUT2D eigenvalue weighted by Crippen LogP contribution is -2.59. The molecule has 16 N–H and O–H groups in total. The number of rotatable bonds is 35. The number of amides is 4. The van der Waals surface area contributed by atoms with E-state index >= 15 is 0 Å². The molecule has 0 radical (unpaired) electrons. The molecule has 0 bridgehead atoms. The van der Waals surface area contributed by atoms with E-state index in [2.05, 4.69) is 21.3 Å². The number of carbonyl (C=O) groups is 5. The number of hydrogen-bond donors (Lipinski definition) is 16. The van der Waals surface area contributed by atoms with Crippen LogP contribution in [0.5, 0.6) is 0 Å². The molecule has 3 fully saturated rings. The molecule has 4 amide bonds. The van der Waals surface area contributed by atoms with Crippen molar-refractivity contribution in [3.05, 3.63) is 35.9 Å². The summed E-state index contributed by atoms with van der Waals surface area (Å²) in [5.74, 6) is -2.97. The first-order valence-corrected chi connectivity index (χ1v) is 25.5. The fourth-order valence-electron chi connectivity index (χ4n) is 8.09. The van der Waals surface area contributed by atoms with E-state index in [9.17, 15) is 85.3 Å². The normalized spacial score (nSPS) is 29.3. The fraction of sp³-hybridized carbons (Fsp3) is 0.771. The number of benzene rings is 1. The minimum atomic E-state index is -1.67. The lowest BCUT2D eigenvalue weighted by molar-refractivity contribution is -0.300. The van der Waals surface area contributed by atoms with Gasteiger partial charge in [0.2, 0.25) is 23.6 Å². The van der Waals surface area contributed by atoms with Crippen LogP contribution in [0.2, 0.25) is 0 Å². The van der Waals surface area contributed by atoms with Gasteiger partial charge in [-0.1, -0.05) is 30.3 Å². The molecule has 15 atom stereocenters. The van der Waals surface area contributed by atoms with Crippen LogP contribution in [0.1, 0.15) is 44.1 Å². The zero-order valence-corrected chi connectivity index (χ0v) is 43.0. The SMILES string of the molecule is O=C(CCOCC(COCCC(=O)NCCO[C@H]1O[C@H](CO)[C@@H](O)[C@H](O)[C@@H]1O)(COCCC(=O)NCC[C@H]1O[C@H](CO)[C@@H](O)[C@H](O)[C@@H]1O)NC(=O)CCC(=O)OCc1ccccc1)NCCO[C@H]1O[C@H](CO)[C@@H](O)[C@H](O)[C@@H]1O. The molecule has 0 aromatic heterocycles. The monoisotopic (exact) mass is 1130 g/mol. The van der Waals surface area contributed by atoms with Crippen LogP contribution in [0.4, 0.5) is 0 Å². The number of aliphatic hydroxyl groups is 12. The van der Waals surface area contributed by atoms with E-state index < -0.39 is 167 Å². The number of aliphatic hydroxyl groups excluding tert-OH is 12. The van der Waals surface area contributed by atoms with Gasteiger partial charge in [-0.05, 0) is 12.0 Å². The summed E-state index contributed by atoms with van der Waals surface area (Å²) in [5.41, 5.74) is -0.899. The van der Waals surface area contributed by atoms with Gasteiger partial charge in [0.15, 0.2) is 12.6 Å². The van der Waals surface area contributed by atoms with E-state index in [0.29, 0.717) is 5.56 Å². The second-order valence-electron chi connectivity index (χ2n) is 18.7. The molecule has 3 saturated heterocycles. The van der Waals surface area contributed by atoms with Crippen molar-refractivity contribution in [2.75, 3.05) is 92.3 Å². The maximum atomic E-state index is 13.6. The van der Waals surface area contributed by atoms with Crippen molar-refractivity contribution in [3.63, 3.8) is 0 Å². The summed E-state index contributed by atoms with van der Waals surface area (Å²) in [4.78, 5) is 64.7. The number of ether oxygens (including phenoxy) is 9. The molecule has 0 unspecified atom stereocenters. The highest BCUT2D eigenvalue weighted by molar-refractivity contribution is 5.82. The summed E-state index contributed by atoms with van der Waals surface area (Å²) >= 11 is 0. The van der Waals surface area contributed by atoms with E-state index in [4.69, 9.17) is 42.6 Å². The molecule has 446 valence electrons. The average Bonchev–Trinajstić information content (AvgIpc) is 3.44. The highest BCUT2D eigenvalue weighted by atomic mass is 16.7. The molecule has 1 aromatic rings. The molecule has 1 aromatic carbocycles. The van der Waals surface area contributed by atoms with Gasteiger partial charge >= 0.3 is 5.97 Å². The van der Waals surface area contributed by atoms with Gasteiger partial charge in [-0.25, -0.2) is 0 Å². The molecule has 0 spiro atoms. The van der Waals surface area contributed by atoms with Crippen LogP contribution in [0, 0.1) is 0 Å². The van der Waals surface area contributed by atoms with Crippen LogP contribution in [0.15, 0.2) is 30.3 Å². The largest absolute Gasteiger partial charge is 0.461 e. The van der Waals surface area contributed by atoms with E-state index in [0.717, 1.165) is 0 Å². The Labute approximate surface area is 448 Å². The molecule has 30 nitrogen and oxygen atoms in total. The van der Waals surface area contributed by atoms with Crippen molar-refractivity contribution in [2.45, 2.75) is 143 Å². The van der Waals surface area contributed by atoms with E-state index in [-0.39, 0.29) is 97.8 Å². The highest BCUT2D eigenvalue weighted by Crippen LogP contribution is 2.25. The zero-order chi connectivity index (χ0) is 57.2. The minimum absolute atomic E-state index is 0.000438. The molecule has 0 aliphatic carbocycles. The third kappa shape index (κ3) is 21.7. The summed E-state index contributed by atoms with van der Waals surface area (Å²) in [6.07, 6.45) is -23.3. The topological polar surface area (TPSA) is 459 Å². The van der Waals surface area contributed by atoms with E-state index in [1.807, 2.05) is 0 Å². The highest BCUT2D eigenvalue weighted by Gasteiger charge is 2.46. The number of carbonyl (C=O) groups excluding carboxylic acids is 5. The van der Waals surface area contributed by atoms with Crippen LogP contribution < -0.4 is 21.3 Å². The van der Waals surface area contributed by atoms with E-state index in [1.54, 1.807) is 30.3 Å². The van der Waals surface area contributed by atoms with Crippen LogP contribution >= 0.6 is 0 Å². The molecule has 3 aliphatic rings. The van der Waals surface area contributed by atoms with Crippen molar-refractivity contribution < 1.29 is 128 Å². The molecular weight excluding hydrogens is 1050 g/mol. The van der Waals surface area contributed by atoms with Crippen molar-refractivity contribution in [1.82, 2.24) is 21.3 Å². The Morgan fingerprint density at radius 3 is 1.32 bits per heavy atom. The fourth-order valence-corrected chi connectivity index (χ4v) is 8.09.